The van der Waals surface area contributed by atoms with Crippen LogP contribution in [0.3, 0.4) is 0 Å². The van der Waals surface area contributed by atoms with Crippen molar-refractivity contribution in [1.29, 1.82) is 0 Å². The topological polar surface area (TPSA) is 56.1 Å². The van der Waals surface area contributed by atoms with Gasteiger partial charge in [0.15, 0.2) is 0 Å². The van der Waals surface area contributed by atoms with E-state index in [1.165, 1.54) is 0 Å². The molecule has 3 aromatic rings. The Morgan fingerprint density at radius 1 is 1.00 bits per heavy atom. The second-order valence-corrected chi connectivity index (χ2v) is 9.18. The van der Waals surface area contributed by atoms with Crippen molar-refractivity contribution < 1.29 is 9.53 Å². The van der Waals surface area contributed by atoms with Crippen LogP contribution in [0, 0.1) is 5.92 Å². The molecule has 5 heteroatoms. The van der Waals surface area contributed by atoms with E-state index in [1.54, 1.807) is 0 Å². The van der Waals surface area contributed by atoms with Crippen molar-refractivity contribution in [1.82, 2.24) is 14.9 Å². The van der Waals surface area contributed by atoms with E-state index in [1.807, 2.05) is 36.4 Å². The van der Waals surface area contributed by atoms with Crippen LogP contribution in [0.1, 0.15) is 64.0 Å². The smallest absolute Gasteiger partial charge is 0.231 e. The van der Waals surface area contributed by atoms with E-state index in [4.69, 9.17) is 9.72 Å². The molecule has 0 aliphatic carbocycles. The van der Waals surface area contributed by atoms with Gasteiger partial charge >= 0.3 is 0 Å². The molecule has 1 fully saturated rings. The third kappa shape index (κ3) is 3.99. The van der Waals surface area contributed by atoms with Crippen molar-refractivity contribution >= 4 is 16.9 Å². The van der Waals surface area contributed by atoms with E-state index in [9.17, 15) is 4.79 Å². The predicted molar refractivity (Wildman–Crippen MR) is 124 cm³/mol. The summed E-state index contributed by atoms with van der Waals surface area (Å²) in [5.74, 6) is 1.20. The van der Waals surface area contributed by atoms with Gasteiger partial charge in [-0.1, -0.05) is 56.3 Å². The van der Waals surface area contributed by atoms with Crippen LogP contribution in [0.5, 0.6) is 0 Å². The Morgan fingerprint density at radius 3 is 2.29 bits per heavy atom. The molecule has 5 nitrogen and oxygen atoms in total. The number of carbonyl (C=O) groups excluding carboxylic acids is 1. The maximum absolute atomic E-state index is 13.9. The van der Waals surface area contributed by atoms with Crippen molar-refractivity contribution in [2.24, 2.45) is 5.92 Å². The van der Waals surface area contributed by atoms with Gasteiger partial charge in [-0.25, -0.2) is 4.98 Å². The summed E-state index contributed by atoms with van der Waals surface area (Å²) >= 11 is 0. The van der Waals surface area contributed by atoms with E-state index in [0.29, 0.717) is 26.1 Å². The Kier molecular flexibility index (Phi) is 6.15. The van der Waals surface area contributed by atoms with Crippen molar-refractivity contribution in [3.8, 4) is 0 Å². The number of nitrogens with one attached hydrogen (secondary N) is 1. The van der Waals surface area contributed by atoms with Crippen LogP contribution in [-0.2, 0) is 14.9 Å². The fourth-order valence-electron chi connectivity index (χ4n) is 4.76. The second kappa shape index (κ2) is 8.83. The largest absolute Gasteiger partial charge is 0.381 e. The second-order valence-electron chi connectivity index (χ2n) is 9.18. The van der Waals surface area contributed by atoms with Crippen LogP contribution in [0.4, 0.5) is 0 Å². The lowest BCUT2D eigenvalue weighted by Gasteiger charge is -2.38. The molecule has 1 N–H and O–H groups in total. The first-order chi connectivity index (χ1) is 14.9. The Morgan fingerprint density at radius 2 is 1.65 bits per heavy atom. The number of hydrogen-bond donors (Lipinski definition) is 1. The molecule has 164 valence electrons. The fraction of sp³-hybridized carbons (Fsp3) is 0.462. The number of amides is 1. The summed E-state index contributed by atoms with van der Waals surface area (Å²) in [5.41, 5.74) is 2.57. The molecule has 0 bridgehead atoms. The first-order valence-electron chi connectivity index (χ1n) is 11.3. The summed E-state index contributed by atoms with van der Waals surface area (Å²) in [5, 5.41) is 3.42. The van der Waals surface area contributed by atoms with Gasteiger partial charge in [0.25, 0.3) is 0 Å². The maximum atomic E-state index is 13.9. The van der Waals surface area contributed by atoms with E-state index in [0.717, 1.165) is 22.4 Å². The van der Waals surface area contributed by atoms with Crippen LogP contribution < -0.4 is 5.32 Å². The van der Waals surface area contributed by atoms with Gasteiger partial charge in [0.2, 0.25) is 5.91 Å². The predicted octanol–water partition coefficient (Wildman–Crippen LogP) is 5.18. The van der Waals surface area contributed by atoms with E-state index >= 15 is 0 Å². The van der Waals surface area contributed by atoms with Gasteiger partial charge in [-0.05, 0) is 50.3 Å². The fourth-order valence-corrected chi connectivity index (χ4v) is 4.76. The number of hydrogen-bond acceptors (Lipinski definition) is 3. The third-order valence-corrected chi connectivity index (χ3v) is 6.48. The lowest BCUT2D eigenvalue weighted by molar-refractivity contribution is -0.131. The molecule has 0 saturated carbocycles. The summed E-state index contributed by atoms with van der Waals surface area (Å²) in [6.07, 6.45) is 1.38. The highest BCUT2D eigenvalue weighted by molar-refractivity contribution is 5.89. The zero-order valence-electron chi connectivity index (χ0n) is 19.0. The van der Waals surface area contributed by atoms with E-state index < -0.39 is 5.41 Å². The van der Waals surface area contributed by atoms with E-state index in [2.05, 4.69) is 55.8 Å². The monoisotopic (exact) mass is 419 g/mol. The van der Waals surface area contributed by atoms with Crippen LogP contribution >= 0.6 is 0 Å². The molecule has 1 unspecified atom stereocenters. The molecule has 31 heavy (non-hydrogen) atoms. The molecule has 2 heterocycles. The van der Waals surface area contributed by atoms with Gasteiger partial charge in [0.05, 0.1) is 22.5 Å². The standard InChI is InChI=1S/C26H33N3O2/c1-18(2)23(24-27-21-12-8-9-13-22(21)29(24)19(3)4)28-25(30)26(14-16-31-17-15-26)20-10-6-5-7-11-20/h5-13,18-19,23H,14-17H2,1-4H3,(H,28,30). The third-order valence-electron chi connectivity index (χ3n) is 6.48. The summed E-state index contributed by atoms with van der Waals surface area (Å²) in [7, 11) is 0. The lowest BCUT2D eigenvalue weighted by Crippen LogP contribution is -2.50. The van der Waals surface area contributed by atoms with Crippen molar-refractivity contribution in [2.75, 3.05) is 13.2 Å². The summed E-state index contributed by atoms with van der Waals surface area (Å²) < 4.78 is 7.89. The van der Waals surface area contributed by atoms with E-state index in [-0.39, 0.29) is 23.9 Å². The summed E-state index contributed by atoms with van der Waals surface area (Å²) in [6.45, 7) is 9.82. The first kappa shape index (κ1) is 21.6. The minimum atomic E-state index is -0.568. The van der Waals surface area contributed by atoms with Gasteiger partial charge in [0, 0.05) is 19.3 Å². The molecule has 0 radical (unpaired) electrons. The molecule has 2 aromatic carbocycles. The number of imidazole rings is 1. The van der Waals surface area contributed by atoms with Crippen molar-refractivity contribution in [3.63, 3.8) is 0 Å². The molecule has 1 aromatic heterocycles. The van der Waals surface area contributed by atoms with Gasteiger partial charge in [-0.15, -0.1) is 0 Å². The molecule has 1 amide bonds. The Hall–Kier alpha value is -2.66. The van der Waals surface area contributed by atoms with Crippen LogP contribution in [-0.4, -0.2) is 28.7 Å². The molecular formula is C26H33N3O2. The zero-order valence-corrected chi connectivity index (χ0v) is 19.0. The number of aromatic nitrogens is 2. The maximum Gasteiger partial charge on any atom is 0.231 e. The molecule has 1 atom stereocenters. The van der Waals surface area contributed by atoms with Gasteiger partial charge in [-0.3, -0.25) is 4.79 Å². The quantitative estimate of drug-likeness (QED) is 0.599. The van der Waals surface area contributed by atoms with Crippen LogP contribution in [0.25, 0.3) is 11.0 Å². The molecule has 1 aliphatic heterocycles. The van der Waals surface area contributed by atoms with Crippen LogP contribution in [0.15, 0.2) is 54.6 Å². The number of ether oxygens (including phenoxy) is 1. The van der Waals surface area contributed by atoms with Gasteiger partial charge < -0.3 is 14.6 Å². The SMILES string of the molecule is CC(C)C(NC(=O)C1(c2ccccc2)CCOCC1)c1nc2ccccc2n1C(C)C. The number of nitrogens with zero attached hydrogens (tertiary/aromatic N) is 2. The highest BCUT2D eigenvalue weighted by atomic mass is 16.5. The molecule has 1 aliphatic rings. The average molecular weight is 420 g/mol. The van der Waals surface area contributed by atoms with Gasteiger partial charge in [-0.2, -0.15) is 0 Å². The molecule has 4 rings (SSSR count). The number of carbonyl (C=O) groups is 1. The normalized spacial score (nSPS) is 17.2. The lowest BCUT2D eigenvalue weighted by atomic mass is 9.73. The molecular weight excluding hydrogens is 386 g/mol. The number of benzene rings is 2. The van der Waals surface area contributed by atoms with Gasteiger partial charge in [0.1, 0.15) is 5.82 Å². The van der Waals surface area contributed by atoms with Crippen molar-refractivity contribution in [3.05, 3.63) is 66.0 Å². The van der Waals surface area contributed by atoms with Crippen molar-refractivity contribution in [2.45, 2.75) is 58.0 Å². The molecule has 1 saturated heterocycles. The number of para-hydroxylation sites is 2. The minimum absolute atomic E-state index is 0.0723. The Bertz CT molecular complexity index is 1030. The number of fused-ring (bicyclic) bond motifs is 1. The minimum Gasteiger partial charge on any atom is -0.381 e. The Balaban J connectivity index is 1.74. The van der Waals surface area contributed by atoms with Crippen LogP contribution in [0.2, 0.25) is 0 Å². The highest BCUT2D eigenvalue weighted by Gasteiger charge is 2.43. The first-order valence-corrected chi connectivity index (χ1v) is 11.3. The number of rotatable bonds is 6. The summed E-state index contributed by atoms with van der Waals surface area (Å²) in [6, 6.07) is 18.4. The summed E-state index contributed by atoms with van der Waals surface area (Å²) in [4.78, 5) is 18.9. The average Bonchev–Trinajstić information content (AvgIpc) is 3.17. The molecule has 0 spiro atoms. The zero-order chi connectivity index (χ0) is 22.0. The highest BCUT2D eigenvalue weighted by Crippen LogP contribution is 2.37. The Labute approximate surface area is 184 Å².